The molecule has 1 atom stereocenters. The second-order valence-electron chi connectivity index (χ2n) is 6.70. The molecule has 0 amide bonds. The summed E-state index contributed by atoms with van der Waals surface area (Å²) in [6.07, 6.45) is -11.0. The van der Waals surface area contributed by atoms with Crippen molar-refractivity contribution in [1.29, 1.82) is 0 Å². The van der Waals surface area contributed by atoms with Crippen LogP contribution in [-0.4, -0.2) is 39.5 Å². The molecule has 2 nitrogen and oxygen atoms in total. The summed E-state index contributed by atoms with van der Waals surface area (Å²) >= 11 is 0. The van der Waals surface area contributed by atoms with Crippen molar-refractivity contribution < 1.29 is 30.8 Å². The van der Waals surface area contributed by atoms with Crippen LogP contribution < -0.4 is 0 Å². The molecule has 9 heteroatoms. The lowest BCUT2D eigenvalue weighted by Gasteiger charge is -2.37. The van der Waals surface area contributed by atoms with Gasteiger partial charge in [0.2, 0.25) is 0 Å². The van der Waals surface area contributed by atoms with E-state index in [1.165, 1.54) is 0 Å². The summed E-state index contributed by atoms with van der Waals surface area (Å²) in [5.41, 5.74) is 0. The first kappa shape index (κ1) is 21.4. The van der Waals surface area contributed by atoms with Crippen LogP contribution in [0.2, 0.25) is 18.1 Å². The summed E-state index contributed by atoms with van der Waals surface area (Å²) in [6, 6.07) is -1.16. The number of halogens is 6. The zero-order valence-corrected chi connectivity index (χ0v) is 14.4. The summed E-state index contributed by atoms with van der Waals surface area (Å²) in [4.78, 5) is 3.23. The van der Waals surface area contributed by atoms with Crippen LogP contribution in [0.3, 0.4) is 0 Å². The summed E-state index contributed by atoms with van der Waals surface area (Å²) in [5.74, 6) is 0. The maximum absolute atomic E-state index is 12.2. The Bertz CT molecular complexity index is 370. The SMILES string of the molecule is CC(C)(C)[Si](C)(C)OC[C@H](CCC(F)(F)F)/N=C/C(F)(F)F. The smallest absolute Gasteiger partial charge is 0.415 e. The molecular formula is C13H23F6NOSi. The quantitative estimate of drug-likeness (QED) is 0.359. The summed E-state index contributed by atoms with van der Waals surface area (Å²) in [6.45, 7) is 9.32. The van der Waals surface area contributed by atoms with Gasteiger partial charge in [-0.25, -0.2) is 0 Å². The van der Waals surface area contributed by atoms with E-state index in [1.807, 2.05) is 33.9 Å². The number of rotatable bonds is 6. The van der Waals surface area contributed by atoms with Gasteiger partial charge in [-0.15, -0.1) is 0 Å². The Kier molecular flexibility index (Phi) is 7.14. The summed E-state index contributed by atoms with van der Waals surface area (Å²) in [5, 5.41) is -0.185. The molecule has 0 saturated carbocycles. The van der Waals surface area contributed by atoms with Crippen LogP contribution in [0.1, 0.15) is 33.6 Å². The highest BCUT2D eigenvalue weighted by Crippen LogP contribution is 2.37. The Morgan fingerprint density at radius 3 is 1.91 bits per heavy atom. The van der Waals surface area contributed by atoms with E-state index in [-0.39, 0.29) is 17.9 Å². The van der Waals surface area contributed by atoms with Crippen LogP contribution in [0.5, 0.6) is 0 Å². The second-order valence-corrected chi connectivity index (χ2v) is 11.5. The van der Waals surface area contributed by atoms with Gasteiger partial charge in [0.15, 0.2) is 8.32 Å². The average molecular weight is 351 g/mol. The predicted octanol–water partition coefficient (Wildman–Crippen LogP) is 5.35. The first-order chi connectivity index (χ1) is 9.54. The molecular weight excluding hydrogens is 328 g/mol. The molecule has 0 aromatic rings. The van der Waals surface area contributed by atoms with Crippen LogP contribution >= 0.6 is 0 Å². The lowest BCUT2D eigenvalue weighted by Crippen LogP contribution is -2.42. The van der Waals surface area contributed by atoms with Gasteiger partial charge in [-0.2, -0.15) is 26.3 Å². The second kappa shape index (κ2) is 7.33. The molecule has 0 aliphatic heterocycles. The average Bonchev–Trinajstić information content (AvgIpc) is 2.23. The fraction of sp³-hybridized carbons (Fsp3) is 0.923. The van der Waals surface area contributed by atoms with Gasteiger partial charge in [0.25, 0.3) is 0 Å². The molecule has 0 aromatic heterocycles. The summed E-state index contributed by atoms with van der Waals surface area (Å²) in [7, 11) is -2.25. The Morgan fingerprint density at radius 2 is 1.55 bits per heavy atom. The molecule has 0 fully saturated rings. The molecule has 22 heavy (non-hydrogen) atoms. The van der Waals surface area contributed by atoms with Crippen molar-refractivity contribution in [2.24, 2.45) is 4.99 Å². The highest BCUT2D eigenvalue weighted by molar-refractivity contribution is 6.74. The van der Waals surface area contributed by atoms with Crippen molar-refractivity contribution in [3.63, 3.8) is 0 Å². The zero-order chi connectivity index (χ0) is 17.8. The maximum atomic E-state index is 12.2. The third-order valence-electron chi connectivity index (χ3n) is 3.64. The van der Waals surface area contributed by atoms with Crippen LogP contribution in [0, 0.1) is 0 Å². The Morgan fingerprint density at radius 1 is 1.05 bits per heavy atom. The predicted molar refractivity (Wildman–Crippen MR) is 76.8 cm³/mol. The highest BCUT2D eigenvalue weighted by Gasteiger charge is 2.38. The third-order valence-corrected chi connectivity index (χ3v) is 8.14. The van der Waals surface area contributed by atoms with E-state index in [9.17, 15) is 26.3 Å². The largest absolute Gasteiger partial charge is 0.426 e. The number of hydrogen-bond donors (Lipinski definition) is 0. The normalized spacial score (nSPS) is 16.3. The van der Waals surface area contributed by atoms with E-state index in [0.717, 1.165) is 0 Å². The van der Waals surface area contributed by atoms with Crippen LogP contribution in [0.25, 0.3) is 0 Å². The molecule has 0 radical (unpaired) electrons. The standard InChI is InChI=1S/C13H23F6NOSi/c1-11(2,3)22(4,5)21-8-10(6-7-12(14,15)16)20-9-13(17,18)19/h9-10H,6-8H2,1-5H3/b20-9+/t10-/m0/s1. The molecule has 0 saturated heterocycles. The minimum absolute atomic E-state index is 0.185. The minimum Gasteiger partial charge on any atom is -0.415 e. The van der Waals surface area contributed by atoms with Gasteiger partial charge >= 0.3 is 12.4 Å². The Balaban J connectivity index is 4.83. The van der Waals surface area contributed by atoms with Crippen LogP contribution in [-0.2, 0) is 4.43 Å². The first-order valence-electron chi connectivity index (χ1n) is 6.85. The lowest BCUT2D eigenvalue weighted by atomic mass is 10.2. The third kappa shape index (κ3) is 9.45. The van der Waals surface area contributed by atoms with Gasteiger partial charge in [-0.3, -0.25) is 4.99 Å². The van der Waals surface area contributed by atoms with E-state index < -0.39 is 39.6 Å². The van der Waals surface area contributed by atoms with E-state index >= 15 is 0 Å². The highest BCUT2D eigenvalue weighted by atomic mass is 28.4. The molecule has 0 heterocycles. The molecule has 0 aliphatic rings. The van der Waals surface area contributed by atoms with Gasteiger partial charge < -0.3 is 4.43 Å². The van der Waals surface area contributed by atoms with Crippen molar-refractivity contribution in [2.45, 2.75) is 70.1 Å². The van der Waals surface area contributed by atoms with Crippen molar-refractivity contribution in [1.82, 2.24) is 0 Å². The monoisotopic (exact) mass is 351 g/mol. The molecule has 0 rings (SSSR count). The Hall–Kier alpha value is -0.573. The van der Waals surface area contributed by atoms with E-state index in [1.54, 1.807) is 0 Å². The topological polar surface area (TPSA) is 21.6 Å². The molecule has 0 N–H and O–H groups in total. The van der Waals surface area contributed by atoms with Gasteiger partial charge in [-0.05, 0) is 24.6 Å². The van der Waals surface area contributed by atoms with Crippen molar-refractivity contribution >= 4 is 14.5 Å². The van der Waals surface area contributed by atoms with E-state index in [0.29, 0.717) is 0 Å². The number of nitrogens with zero attached hydrogens (tertiary/aromatic N) is 1. The van der Waals surface area contributed by atoms with Gasteiger partial charge in [0, 0.05) is 6.42 Å². The van der Waals surface area contributed by atoms with E-state index in [2.05, 4.69) is 4.99 Å². The zero-order valence-electron chi connectivity index (χ0n) is 13.4. The minimum atomic E-state index is -4.65. The maximum Gasteiger partial charge on any atom is 0.426 e. The number of hydrogen-bond acceptors (Lipinski definition) is 2. The molecule has 0 unspecified atom stereocenters. The fourth-order valence-corrected chi connectivity index (χ4v) is 2.28. The van der Waals surface area contributed by atoms with Gasteiger partial charge in [0.05, 0.1) is 12.6 Å². The fourth-order valence-electron chi connectivity index (χ4n) is 1.24. The molecule has 0 aromatic carbocycles. The van der Waals surface area contributed by atoms with Gasteiger partial charge in [-0.1, -0.05) is 20.8 Å². The molecule has 0 aliphatic carbocycles. The summed E-state index contributed by atoms with van der Waals surface area (Å²) < 4.78 is 78.9. The van der Waals surface area contributed by atoms with Gasteiger partial charge in [0.1, 0.15) is 6.21 Å². The van der Waals surface area contributed by atoms with Crippen LogP contribution in [0.4, 0.5) is 26.3 Å². The first-order valence-corrected chi connectivity index (χ1v) is 9.76. The van der Waals surface area contributed by atoms with Crippen molar-refractivity contribution in [3.8, 4) is 0 Å². The molecule has 0 bridgehead atoms. The molecule has 132 valence electrons. The van der Waals surface area contributed by atoms with Crippen LogP contribution in [0.15, 0.2) is 4.99 Å². The van der Waals surface area contributed by atoms with Crippen molar-refractivity contribution in [3.05, 3.63) is 0 Å². The van der Waals surface area contributed by atoms with E-state index in [4.69, 9.17) is 4.43 Å². The van der Waals surface area contributed by atoms with Crippen molar-refractivity contribution in [2.75, 3.05) is 6.61 Å². The Labute approximate surface area is 128 Å². The number of alkyl halides is 6. The number of aliphatic imine (C=N–C) groups is 1. The lowest BCUT2D eigenvalue weighted by molar-refractivity contribution is -0.136. The molecule has 0 spiro atoms.